The quantitative estimate of drug-likeness (QED) is 0.457. The van der Waals surface area contributed by atoms with Gasteiger partial charge in [-0.1, -0.05) is 18.4 Å². The molecule has 30 heavy (non-hydrogen) atoms. The minimum Gasteiger partial charge on any atom is -0.435 e. The van der Waals surface area contributed by atoms with Crippen LogP contribution in [0.15, 0.2) is 42.7 Å². The lowest BCUT2D eigenvalue weighted by Crippen LogP contribution is -2.14. The van der Waals surface area contributed by atoms with Gasteiger partial charge in [0.05, 0.1) is 16.9 Å². The topological polar surface area (TPSA) is 72.0 Å². The average Bonchev–Trinajstić information content (AvgIpc) is 2.75. The van der Waals surface area contributed by atoms with Crippen molar-refractivity contribution in [1.82, 2.24) is 15.0 Å². The summed E-state index contributed by atoms with van der Waals surface area (Å²) >= 11 is 1.40. The van der Waals surface area contributed by atoms with E-state index >= 15 is 0 Å². The van der Waals surface area contributed by atoms with Crippen LogP contribution in [0.25, 0.3) is 11.3 Å². The molecular formula is C21H21F2N5OS. The molecule has 0 saturated heterocycles. The van der Waals surface area contributed by atoms with E-state index in [0.717, 1.165) is 5.75 Å². The summed E-state index contributed by atoms with van der Waals surface area (Å²) in [5.41, 5.74) is 1.18. The van der Waals surface area contributed by atoms with Crippen molar-refractivity contribution in [3.8, 4) is 22.9 Å². The molecule has 0 radical (unpaired) electrons. The van der Waals surface area contributed by atoms with Gasteiger partial charge in [-0.3, -0.25) is 0 Å². The lowest BCUT2D eigenvalue weighted by atomic mass is 9.87. The zero-order valence-electron chi connectivity index (χ0n) is 16.4. The number of hydrogen-bond donors (Lipinski definition) is 2. The number of ether oxygens (including phenoxy) is 1. The monoisotopic (exact) mass is 429 g/mol. The average molecular weight is 429 g/mol. The number of rotatable bonds is 8. The molecule has 4 rings (SSSR count). The summed E-state index contributed by atoms with van der Waals surface area (Å²) in [5.74, 6) is -0.212. The minimum atomic E-state index is -1.07. The second-order valence-electron chi connectivity index (χ2n) is 6.92. The maximum Gasteiger partial charge on any atom is 0.228 e. The third-order valence-corrected chi connectivity index (χ3v) is 5.91. The van der Waals surface area contributed by atoms with Gasteiger partial charge >= 0.3 is 0 Å². The summed E-state index contributed by atoms with van der Waals surface area (Å²) in [6.45, 7) is 0. The van der Waals surface area contributed by atoms with Crippen LogP contribution in [0.5, 0.6) is 11.6 Å². The first-order valence-corrected chi connectivity index (χ1v) is 10.6. The van der Waals surface area contributed by atoms with Crippen LogP contribution in [0.1, 0.15) is 19.3 Å². The van der Waals surface area contributed by atoms with Gasteiger partial charge in [0.25, 0.3) is 0 Å². The summed E-state index contributed by atoms with van der Waals surface area (Å²) in [6.07, 6.45) is 6.76. The smallest absolute Gasteiger partial charge is 0.228 e. The van der Waals surface area contributed by atoms with Crippen molar-refractivity contribution in [3.05, 3.63) is 54.4 Å². The SMILES string of the molecule is CNc1nccc(-c2cccnc2Oc2ccc(NSCC3CCC3)c(F)c2F)n1. The van der Waals surface area contributed by atoms with Gasteiger partial charge in [-0.2, -0.15) is 4.39 Å². The Bertz CT molecular complexity index is 1030. The van der Waals surface area contributed by atoms with Gasteiger partial charge in [-0.05, 0) is 49.1 Å². The summed E-state index contributed by atoms with van der Waals surface area (Å²) in [6, 6.07) is 8.00. The first-order chi connectivity index (χ1) is 14.7. The predicted octanol–water partition coefficient (Wildman–Crippen LogP) is 5.51. The molecule has 2 heterocycles. The first-order valence-electron chi connectivity index (χ1n) is 9.65. The Balaban J connectivity index is 1.53. The van der Waals surface area contributed by atoms with Crippen molar-refractivity contribution >= 4 is 23.6 Å². The highest BCUT2D eigenvalue weighted by Gasteiger charge is 2.20. The number of halogens is 2. The number of nitrogens with one attached hydrogen (secondary N) is 2. The predicted molar refractivity (Wildman–Crippen MR) is 115 cm³/mol. The molecule has 0 spiro atoms. The molecule has 0 bridgehead atoms. The third-order valence-electron chi connectivity index (χ3n) is 4.91. The Morgan fingerprint density at radius 2 is 1.97 bits per heavy atom. The molecule has 2 aromatic heterocycles. The van der Waals surface area contributed by atoms with Gasteiger partial charge in [0, 0.05) is 25.2 Å². The molecule has 3 aromatic rings. The fraction of sp³-hybridized carbons (Fsp3) is 0.286. The van der Waals surface area contributed by atoms with Crippen LogP contribution in [0.2, 0.25) is 0 Å². The van der Waals surface area contributed by atoms with Gasteiger partial charge < -0.3 is 14.8 Å². The fourth-order valence-electron chi connectivity index (χ4n) is 2.99. The molecular weight excluding hydrogens is 408 g/mol. The third kappa shape index (κ3) is 4.46. The van der Waals surface area contributed by atoms with Crippen LogP contribution in [0, 0.1) is 17.6 Å². The maximum atomic E-state index is 14.7. The van der Waals surface area contributed by atoms with E-state index in [1.54, 1.807) is 31.4 Å². The van der Waals surface area contributed by atoms with E-state index in [0.29, 0.717) is 23.1 Å². The van der Waals surface area contributed by atoms with Crippen LogP contribution in [-0.4, -0.2) is 27.8 Å². The largest absolute Gasteiger partial charge is 0.435 e. The zero-order valence-corrected chi connectivity index (χ0v) is 17.2. The van der Waals surface area contributed by atoms with E-state index < -0.39 is 11.6 Å². The number of benzene rings is 1. The molecule has 6 nitrogen and oxygen atoms in total. The standard InChI is InChI=1S/C21H21F2N5OS/c1-24-21-26-11-9-15(27-21)14-6-3-10-25-20(14)29-17-8-7-16(18(22)19(17)23)28-30-12-13-4-2-5-13/h3,6-11,13,28H,2,4-5,12H2,1H3,(H,24,26,27). The Kier molecular flexibility index (Phi) is 6.27. The molecule has 1 aliphatic carbocycles. The van der Waals surface area contributed by atoms with E-state index in [2.05, 4.69) is 25.0 Å². The number of hydrogen-bond acceptors (Lipinski definition) is 7. The number of nitrogens with zero attached hydrogens (tertiary/aromatic N) is 3. The summed E-state index contributed by atoms with van der Waals surface area (Å²) in [4.78, 5) is 12.6. The highest BCUT2D eigenvalue weighted by Crippen LogP contribution is 2.35. The second-order valence-corrected chi connectivity index (χ2v) is 7.75. The van der Waals surface area contributed by atoms with Crippen molar-refractivity contribution in [3.63, 3.8) is 0 Å². The lowest BCUT2D eigenvalue weighted by Gasteiger charge is -2.24. The van der Waals surface area contributed by atoms with E-state index in [1.165, 1.54) is 49.5 Å². The molecule has 1 aromatic carbocycles. The highest BCUT2D eigenvalue weighted by molar-refractivity contribution is 8.00. The number of anilines is 2. The molecule has 1 saturated carbocycles. The van der Waals surface area contributed by atoms with Crippen molar-refractivity contribution < 1.29 is 13.5 Å². The van der Waals surface area contributed by atoms with Crippen LogP contribution in [-0.2, 0) is 0 Å². The van der Waals surface area contributed by atoms with Crippen LogP contribution < -0.4 is 14.8 Å². The molecule has 2 N–H and O–H groups in total. The first kappa shape index (κ1) is 20.3. The Morgan fingerprint density at radius 3 is 2.73 bits per heavy atom. The zero-order chi connectivity index (χ0) is 20.9. The van der Waals surface area contributed by atoms with Crippen LogP contribution in [0.3, 0.4) is 0 Å². The number of pyridine rings is 1. The van der Waals surface area contributed by atoms with Crippen molar-refractivity contribution in [2.75, 3.05) is 22.8 Å². The minimum absolute atomic E-state index is 0.0971. The molecule has 9 heteroatoms. The van der Waals surface area contributed by atoms with E-state index in [9.17, 15) is 8.78 Å². The van der Waals surface area contributed by atoms with Crippen molar-refractivity contribution in [2.45, 2.75) is 19.3 Å². The molecule has 0 aliphatic heterocycles. The summed E-state index contributed by atoms with van der Waals surface area (Å²) < 4.78 is 37.7. The second kappa shape index (κ2) is 9.25. The number of aromatic nitrogens is 3. The Morgan fingerprint density at radius 1 is 1.10 bits per heavy atom. The summed E-state index contributed by atoms with van der Waals surface area (Å²) in [7, 11) is 1.71. The van der Waals surface area contributed by atoms with Gasteiger partial charge in [-0.25, -0.2) is 19.3 Å². The van der Waals surface area contributed by atoms with Gasteiger partial charge in [-0.15, -0.1) is 0 Å². The van der Waals surface area contributed by atoms with Crippen LogP contribution in [0.4, 0.5) is 20.4 Å². The van der Waals surface area contributed by atoms with Crippen molar-refractivity contribution in [2.24, 2.45) is 5.92 Å². The molecule has 0 amide bonds. The van der Waals surface area contributed by atoms with Crippen LogP contribution >= 0.6 is 11.9 Å². The van der Waals surface area contributed by atoms with Gasteiger partial charge in [0.2, 0.25) is 17.6 Å². The van der Waals surface area contributed by atoms with Gasteiger partial charge in [0.1, 0.15) is 0 Å². The molecule has 0 atom stereocenters. The van der Waals surface area contributed by atoms with E-state index in [1.807, 2.05) is 0 Å². The molecule has 1 fully saturated rings. The normalized spacial score (nSPS) is 13.6. The molecule has 0 unspecified atom stereocenters. The lowest BCUT2D eigenvalue weighted by molar-refractivity contribution is 0.353. The van der Waals surface area contributed by atoms with E-state index in [4.69, 9.17) is 4.74 Å². The van der Waals surface area contributed by atoms with Gasteiger partial charge in [0.15, 0.2) is 11.6 Å². The molecule has 1 aliphatic rings. The highest BCUT2D eigenvalue weighted by atomic mass is 32.2. The maximum absolute atomic E-state index is 14.7. The van der Waals surface area contributed by atoms with E-state index in [-0.39, 0.29) is 17.3 Å². The van der Waals surface area contributed by atoms with Crippen molar-refractivity contribution in [1.29, 1.82) is 0 Å². The summed E-state index contributed by atoms with van der Waals surface area (Å²) in [5, 5.41) is 2.86. The molecule has 156 valence electrons. The fourth-order valence-corrected chi connectivity index (χ4v) is 3.95. The Hall–Kier alpha value is -2.94. The Labute approximate surface area is 177 Å².